The summed E-state index contributed by atoms with van der Waals surface area (Å²) in [5.74, 6) is 0.461. The number of hydrogen-bond acceptors (Lipinski definition) is 2. The second-order valence-corrected chi connectivity index (χ2v) is 10.3. The molecule has 2 fully saturated rings. The molecule has 0 spiro atoms. The van der Waals surface area contributed by atoms with Gasteiger partial charge in [-0.05, 0) is 78.2 Å². The second kappa shape index (κ2) is 6.95. The fourth-order valence-corrected chi connectivity index (χ4v) is 7.42. The van der Waals surface area contributed by atoms with Gasteiger partial charge in [0.15, 0.2) is 0 Å². The molecule has 2 nitrogen and oxygen atoms in total. The van der Waals surface area contributed by atoms with Crippen molar-refractivity contribution in [3.63, 3.8) is 0 Å². The first kappa shape index (κ1) is 19.8. The Morgan fingerprint density at radius 2 is 1.87 bits per heavy atom. The standard InChI is InChI=1S/C27H31FO2/c1-15(2)23-22(30)14-27(3)13-21(28)24-19-10-9-18(29)11-17(19)12-20(25(24)26(23)27)16-7-5-4-6-8-16/h4-11,20-26,29-30H,1,12-14H2,2-3H3/t20-,21-,22+,23+,24-,25+,26-,27+/m0/s1. The largest absolute Gasteiger partial charge is 0.508 e. The molecular weight excluding hydrogens is 375 g/mol. The normalized spacial score (nSPS) is 39.7. The summed E-state index contributed by atoms with van der Waals surface area (Å²) < 4.78 is 16.0. The highest BCUT2D eigenvalue weighted by Crippen LogP contribution is 2.66. The predicted octanol–water partition coefficient (Wildman–Crippen LogP) is 5.75. The van der Waals surface area contributed by atoms with Crippen LogP contribution in [0.1, 0.15) is 55.2 Å². The van der Waals surface area contributed by atoms with Crippen LogP contribution in [-0.4, -0.2) is 22.5 Å². The molecular formula is C27H31FO2. The fourth-order valence-electron chi connectivity index (χ4n) is 7.42. The van der Waals surface area contributed by atoms with Gasteiger partial charge < -0.3 is 10.2 Å². The molecule has 0 unspecified atom stereocenters. The first-order chi connectivity index (χ1) is 14.3. The maximum absolute atomic E-state index is 16.0. The zero-order valence-electron chi connectivity index (χ0n) is 17.8. The molecule has 5 rings (SSSR count). The number of halogens is 1. The van der Waals surface area contributed by atoms with Crippen molar-refractivity contribution in [2.45, 2.75) is 57.2 Å². The van der Waals surface area contributed by atoms with Crippen LogP contribution in [0.15, 0.2) is 60.7 Å². The quantitative estimate of drug-likeness (QED) is 0.623. The van der Waals surface area contributed by atoms with Crippen LogP contribution in [-0.2, 0) is 6.42 Å². The molecule has 158 valence electrons. The van der Waals surface area contributed by atoms with Crippen molar-refractivity contribution >= 4 is 0 Å². The third kappa shape index (κ3) is 2.85. The minimum Gasteiger partial charge on any atom is -0.508 e. The number of alkyl halides is 1. The van der Waals surface area contributed by atoms with E-state index in [1.54, 1.807) is 6.07 Å². The Balaban J connectivity index is 1.72. The maximum atomic E-state index is 16.0. The molecule has 2 saturated carbocycles. The van der Waals surface area contributed by atoms with Crippen LogP contribution in [0.2, 0.25) is 0 Å². The average Bonchev–Trinajstić information content (AvgIpc) is 2.97. The van der Waals surface area contributed by atoms with Crippen LogP contribution in [0.25, 0.3) is 0 Å². The summed E-state index contributed by atoms with van der Waals surface area (Å²) in [4.78, 5) is 0. The summed E-state index contributed by atoms with van der Waals surface area (Å²) in [6.07, 6.45) is 0.487. The molecule has 30 heavy (non-hydrogen) atoms. The van der Waals surface area contributed by atoms with E-state index in [1.165, 1.54) is 5.56 Å². The third-order valence-corrected chi connectivity index (χ3v) is 8.35. The highest BCUT2D eigenvalue weighted by Gasteiger charge is 2.62. The lowest BCUT2D eigenvalue weighted by atomic mass is 9.50. The van der Waals surface area contributed by atoms with Crippen molar-refractivity contribution in [3.8, 4) is 5.75 Å². The molecule has 8 atom stereocenters. The monoisotopic (exact) mass is 406 g/mol. The molecule has 0 aromatic heterocycles. The van der Waals surface area contributed by atoms with E-state index in [1.807, 2.05) is 25.1 Å². The van der Waals surface area contributed by atoms with Gasteiger partial charge >= 0.3 is 0 Å². The number of aliphatic hydroxyl groups is 1. The van der Waals surface area contributed by atoms with Crippen LogP contribution < -0.4 is 0 Å². The van der Waals surface area contributed by atoms with Crippen molar-refractivity contribution in [1.29, 1.82) is 0 Å². The zero-order valence-corrected chi connectivity index (χ0v) is 17.8. The zero-order chi connectivity index (χ0) is 21.2. The Hall–Kier alpha value is -2.13. The summed E-state index contributed by atoms with van der Waals surface area (Å²) in [6.45, 7) is 8.43. The van der Waals surface area contributed by atoms with Gasteiger partial charge in [0, 0.05) is 11.8 Å². The minimum atomic E-state index is -0.956. The number of rotatable bonds is 2. The van der Waals surface area contributed by atoms with Crippen molar-refractivity contribution in [1.82, 2.24) is 0 Å². The topological polar surface area (TPSA) is 40.5 Å². The summed E-state index contributed by atoms with van der Waals surface area (Å²) >= 11 is 0. The predicted molar refractivity (Wildman–Crippen MR) is 117 cm³/mol. The lowest BCUT2D eigenvalue weighted by Gasteiger charge is -2.55. The molecule has 0 aliphatic heterocycles. The highest BCUT2D eigenvalue weighted by atomic mass is 19.1. The Labute approximate surface area is 178 Å². The van der Waals surface area contributed by atoms with Crippen LogP contribution in [0.3, 0.4) is 0 Å². The molecule has 0 bridgehead atoms. The Kier molecular flexibility index (Phi) is 4.59. The Bertz CT molecular complexity index is 970. The van der Waals surface area contributed by atoms with Crippen molar-refractivity contribution in [3.05, 3.63) is 77.4 Å². The van der Waals surface area contributed by atoms with E-state index in [0.717, 1.165) is 23.1 Å². The van der Waals surface area contributed by atoms with Gasteiger partial charge in [0.2, 0.25) is 0 Å². The summed E-state index contributed by atoms with van der Waals surface area (Å²) in [6, 6.07) is 15.9. The second-order valence-electron chi connectivity index (χ2n) is 10.3. The molecule has 3 heteroatoms. The van der Waals surface area contributed by atoms with E-state index in [-0.39, 0.29) is 40.8 Å². The number of phenolic OH excluding ortho intramolecular Hbond substituents is 1. The summed E-state index contributed by atoms with van der Waals surface area (Å²) in [7, 11) is 0. The number of benzene rings is 2. The van der Waals surface area contributed by atoms with Gasteiger partial charge in [-0.15, -0.1) is 0 Å². The van der Waals surface area contributed by atoms with Crippen molar-refractivity contribution in [2.24, 2.45) is 23.2 Å². The lowest BCUT2D eigenvalue weighted by molar-refractivity contribution is -0.0206. The number of hydrogen-bond donors (Lipinski definition) is 2. The summed E-state index contributed by atoms with van der Waals surface area (Å²) in [5.41, 5.74) is 4.10. The maximum Gasteiger partial charge on any atom is 0.115 e. The van der Waals surface area contributed by atoms with E-state index < -0.39 is 12.3 Å². The van der Waals surface area contributed by atoms with Crippen LogP contribution in [0.5, 0.6) is 5.75 Å². The molecule has 2 aromatic carbocycles. The molecule has 0 saturated heterocycles. The Morgan fingerprint density at radius 3 is 2.57 bits per heavy atom. The third-order valence-electron chi connectivity index (χ3n) is 8.35. The highest BCUT2D eigenvalue weighted by molar-refractivity contribution is 5.44. The Morgan fingerprint density at radius 1 is 1.13 bits per heavy atom. The molecule has 0 amide bonds. The van der Waals surface area contributed by atoms with E-state index in [2.05, 4.69) is 37.8 Å². The van der Waals surface area contributed by atoms with Crippen molar-refractivity contribution in [2.75, 3.05) is 0 Å². The van der Waals surface area contributed by atoms with Gasteiger partial charge in [0.25, 0.3) is 0 Å². The fraction of sp³-hybridized carbons (Fsp3) is 0.481. The lowest BCUT2D eigenvalue weighted by Crippen LogP contribution is -2.50. The SMILES string of the molecule is C=C(C)[C@H]1[C@H]2[C@H]3[C@@H](c4ccc(O)cc4C[C@H]3c3ccccc3)[C@@H](F)C[C@]2(C)C[C@H]1O. The number of aromatic hydroxyl groups is 1. The van der Waals surface area contributed by atoms with Gasteiger partial charge in [-0.2, -0.15) is 0 Å². The first-order valence-electron chi connectivity index (χ1n) is 11.1. The van der Waals surface area contributed by atoms with Crippen LogP contribution >= 0.6 is 0 Å². The van der Waals surface area contributed by atoms with E-state index in [0.29, 0.717) is 12.8 Å². The van der Waals surface area contributed by atoms with Crippen molar-refractivity contribution < 1.29 is 14.6 Å². The van der Waals surface area contributed by atoms with E-state index in [4.69, 9.17) is 0 Å². The van der Waals surface area contributed by atoms with Gasteiger partial charge in [-0.1, -0.05) is 55.5 Å². The van der Waals surface area contributed by atoms with Gasteiger partial charge in [0.1, 0.15) is 11.9 Å². The van der Waals surface area contributed by atoms with E-state index in [9.17, 15) is 10.2 Å². The molecule has 3 aliphatic carbocycles. The minimum absolute atomic E-state index is 0.000114. The van der Waals surface area contributed by atoms with Gasteiger partial charge in [0.05, 0.1) is 6.10 Å². The molecule has 2 N–H and O–H groups in total. The number of aliphatic hydroxyl groups excluding tert-OH is 1. The van der Waals surface area contributed by atoms with Gasteiger partial charge in [-0.3, -0.25) is 0 Å². The molecule has 3 aliphatic rings. The smallest absolute Gasteiger partial charge is 0.115 e. The molecule has 2 aromatic rings. The van der Waals surface area contributed by atoms with E-state index >= 15 is 4.39 Å². The number of fused-ring (bicyclic) bond motifs is 5. The first-order valence-corrected chi connectivity index (χ1v) is 11.1. The average molecular weight is 407 g/mol. The van der Waals surface area contributed by atoms with Crippen LogP contribution in [0.4, 0.5) is 4.39 Å². The summed E-state index contributed by atoms with van der Waals surface area (Å²) in [5, 5.41) is 21.1. The molecule has 0 heterocycles. The number of phenols is 1. The van der Waals surface area contributed by atoms with Crippen LogP contribution in [0, 0.1) is 23.2 Å². The molecule has 0 radical (unpaired) electrons. The van der Waals surface area contributed by atoms with Gasteiger partial charge in [-0.25, -0.2) is 4.39 Å².